The highest BCUT2D eigenvalue weighted by Crippen LogP contribution is 2.41. The van der Waals surface area contributed by atoms with Gasteiger partial charge in [0, 0.05) is 31.9 Å². The van der Waals surface area contributed by atoms with Crippen LogP contribution in [0.5, 0.6) is 0 Å². The predicted molar refractivity (Wildman–Crippen MR) is 70.8 cm³/mol. The Morgan fingerprint density at radius 1 is 1.17 bits per heavy atom. The van der Waals surface area contributed by atoms with E-state index in [0.717, 1.165) is 4.88 Å². The lowest BCUT2D eigenvalue weighted by atomic mass is 10.1. The van der Waals surface area contributed by atoms with Crippen molar-refractivity contribution in [2.75, 3.05) is 0 Å². The number of aryl methyl sites for hydroxylation is 1. The first-order valence-corrected chi connectivity index (χ1v) is 6.99. The lowest BCUT2D eigenvalue weighted by molar-refractivity contribution is 0.526. The molecule has 2 rings (SSSR count). The highest BCUT2D eigenvalue weighted by atomic mass is 79.9. The van der Waals surface area contributed by atoms with E-state index in [1.807, 2.05) is 13.0 Å². The van der Waals surface area contributed by atoms with Gasteiger partial charge in [0.2, 0.25) is 0 Å². The first kappa shape index (κ1) is 13.9. The fraction of sp³-hybridized carbons (Fsp3) is 0.167. The molecule has 2 aromatic rings. The molecule has 0 spiro atoms. The molecule has 6 heteroatoms. The molecule has 0 N–H and O–H groups in total. The van der Waals surface area contributed by atoms with E-state index < -0.39 is 22.8 Å². The average Bonchev–Trinajstić information content (AvgIpc) is 2.56. The van der Waals surface area contributed by atoms with Gasteiger partial charge >= 0.3 is 0 Å². The Labute approximate surface area is 120 Å². The molecule has 96 valence electrons. The molecule has 0 aliphatic carbocycles. The van der Waals surface area contributed by atoms with E-state index in [1.165, 1.54) is 11.3 Å². The van der Waals surface area contributed by atoms with Crippen LogP contribution in [0.3, 0.4) is 0 Å². The Balaban J connectivity index is 2.52. The summed E-state index contributed by atoms with van der Waals surface area (Å²) in [6, 6.07) is 3.07. The Kier molecular flexibility index (Phi) is 4.04. The summed E-state index contributed by atoms with van der Waals surface area (Å²) >= 11 is 10.7. The predicted octanol–water partition coefficient (Wildman–Crippen LogP) is 5.56. The van der Waals surface area contributed by atoms with Gasteiger partial charge in [0.25, 0.3) is 0 Å². The average molecular weight is 356 g/mol. The molecule has 0 aliphatic rings. The fourth-order valence-electron chi connectivity index (χ4n) is 1.60. The van der Waals surface area contributed by atoms with Crippen LogP contribution in [0.15, 0.2) is 22.7 Å². The minimum atomic E-state index is -0.987. The monoisotopic (exact) mass is 354 g/mol. The molecule has 0 saturated carbocycles. The van der Waals surface area contributed by atoms with E-state index in [4.69, 9.17) is 11.6 Å². The van der Waals surface area contributed by atoms with Gasteiger partial charge in [0.1, 0.15) is 17.5 Å². The Hall–Kier alpha value is -0.520. The second-order valence-corrected chi connectivity index (χ2v) is 6.29. The zero-order valence-electron chi connectivity index (χ0n) is 9.11. The van der Waals surface area contributed by atoms with Gasteiger partial charge in [-0.25, -0.2) is 13.2 Å². The maximum atomic E-state index is 13.6. The largest absolute Gasteiger partial charge is 0.207 e. The molecule has 18 heavy (non-hydrogen) atoms. The topological polar surface area (TPSA) is 0 Å². The van der Waals surface area contributed by atoms with Crippen molar-refractivity contribution in [3.8, 4) is 0 Å². The molecule has 1 atom stereocenters. The summed E-state index contributed by atoms with van der Waals surface area (Å²) in [6.07, 6.45) is 0. The van der Waals surface area contributed by atoms with Crippen LogP contribution < -0.4 is 0 Å². The minimum absolute atomic E-state index is 0.333. The summed E-state index contributed by atoms with van der Waals surface area (Å²) in [5.41, 5.74) is -0.333. The number of alkyl halides is 1. The van der Waals surface area contributed by atoms with E-state index in [1.54, 1.807) is 0 Å². The second-order valence-electron chi connectivity index (χ2n) is 3.71. The maximum absolute atomic E-state index is 13.6. The standard InChI is InChI=1S/C12H7BrClF3S/c1-5-2-7(13)12(18-5)11(14)10-8(16)3-6(15)4-9(10)17/h2-4,11H,1H3. The molecule has 0 aliphatic heterocycles. The first-order chi connectivity index (χ1) is 8.40. The van der Waals surface area contributed by atoms with Crippen LogP contribution >= 0.6 is 38.9 Å². The van der Waals surface area contributed by atoms with E-state index in [-0.39, 0.29) is 5.56 Å². The summed E-state index contributed by atoms with van der Waals surface area (Å²) in [4.78, 5) is 1.56. The van der Waals surface area contributed by atoms with Crippen LogP contribution in [0.25, 0.3) is 0 Å². The van der Waals surface area contributed by atoms with E-state index in [2.05, 4.69) is 15.9 Å². The Bertz CT molecular complexity index is 574. The van der Waals surface area contributed by atoms with Crippen molar-refractivity contribution in [2.24, 2.45) is 0 Å². The SMILES string of the molecule is Cc1cc(Br)c(C(Cl)c2c(F)cc(F)cc2F)s1. The van der Waals surface area contributed by atoms with Crippen molar-refractivity contribution in [1.82, 2.24) is 0 Å². The Morgan fingerprint density at radius 2 is 1.72 bits per heavy atom. The lowest BCUT2D eigenvalue weighted by Crippen LogP contribution is -2.01. The van der Waals surface area contributed by atoms with E-state index in [0.29, 0.717) is 21.5 Å². The van der Waals surface area contributed by atoms with Crippen molar-refractivity contribution in [3.63, 3.8) is 0 Å². The molecular formula is C12H7BrClF3S. The second kappa shape index (κ2) is 5.23. The van der Waals surface area contributed by atoms with Crippen LogP contribution in [-0.4, -0.2) is 0 Å². The number of hydrogen-bond donors (Lipinski definition) is 0. The lowest BCUT2D eigenvalue weighted by Gasteiger charge is -2.11. The van der Waals surface area contributed by atoms with Gasteiger partial charge in [-0.2, -0.15) is 0 Å². The number of hydrogen-bond acceptors (Lipinski definition) is 1. The summed E-state index contributed by atoms with van der Waals surface area (Å²) in [6.45, 7) is 1.86. The molecular weight excluding hydrogens is 349 g/mol. The molecule has 0 nitrogen and oxygen atoms in total. The van der Waals surface area contributed by atoms with E-state index >= 15 is 0 Å². The normalized spacial score (nSPS) is 12.8. The van der Waals surface area contributed by atoms with Crippen LogP contribution in [0.4, 0.5) is 13.2 Å². The fourth-order valence-corrected chi connectivity index (χ4v) is 4.06. The van der Waals surface area contributed by atoms with Crippen molar-refractivity contribution >= 4 is 38.9 Å². The summed E-state index contributed by atoms with van der Waals surface area (Å²) in [5.74, 6) is -2.92. The molecule has 0 saturated heterocycles. The zero-order valence-corrected chi connectivity index (χ0v) is 12.3. The highest BCUT2D eigenvalue weighted by molar-refractivity contribution is 9.10. The molecule has 1 heterocycles. The summed E-state index contributed by atoms with van der Waals surface area (Å²) in [5, 5.41) is -0.987. The van der Waals surface area contributed by atoms with Crippen molar-refractivity contribution < 1.29 is 13.2 Å². The third-order valence-electron chi connectivity index (χ3n) is 2.36. The van der Waals surface area contributed by atoms with E-state index in [9.17, 15) is 13.2 Å². The number of benzene rings is 1. The zero-order chi connectivity index (χ0) is 13.4. The molecule has 0 bridgehead atoms. The van der Waals surface area contributed by atoms with Crippen LogP contribution in [0.2, 0.25) is 0 Å². The summed E-state index contributed by atoms with van der Waals surface area (Å²) in [7, 11) is 0. The number of rotatable bonds is 2. The van der Waals surface area contributed by atoms with Crippen molar-refractivity contribution in [2.45, 2.75) is 12.3 Å². The van der Waals surface area contributed by atoms with Gasteiger partial charge in [-0.3, -0.25) is 0 Å². The molecule has 1 aromatic carbocycles. The van der Waals surface area contributed by atoms with Gasteiger partial charge in [0.15, 0.2) is 0 Å². The van der Waals surface area contributed by atoms with Gasteiger partial charge < -0.3 is 0 Å². The molecule has 0 amide bonds. The van der Waals surface area contributed by atoms with Gasteiger partial charge in [-0.05, 0) is 28.9 Å². The van der Waals surface area contributed by atoms with Gasteiger partial charge in [-0.15, -0.1) is 22.9 Å². The highest BCUT2D eigenvalue weighted by Gasteiger charge is 2.24. The molecule has 1 aromatic heterocycles. The molecule has 1 unspecified atom stereocenters. The van der Waals surface area contributed by atoms with Gasteiger partial charge in [0.05, 0.1) is 5.38 Å². The Morgan fingerprint density at radius 3 is 2.17 bits per heavy atom. The van der Waals surface area contributed by atoms with Crippen molar-refractivity contribution in [1.29, 1.82) is 0 Å². The first-order valence-electron chi connectivity index (χ1n) is 4.94. The van der Waals surface area contributed by atoms with Crippen LogP contribution in [0.1, 0.15) is 20.7 Å². The van der Waals surface area contributed by atoms with Crippen LogP contribution in [0, 0.1) is 24.4 Å². The third-order valence-corrected chi connectivity index (χ3v) is 4.96. The maximum Gasteiger partial charge on any atom is 0.134 e. The smallest absolute Gasteiger partial charge is 0.134 e. The molecule has 0 radical (unpaired) electrons. The molecule has 0 fully saturated rings. The van der Waals surface area contributed by atoms with Crippen molar-refractivity contribution in [3.05, 3.63) is 55.4 Å². The van der Waals surface area contributed by atoms with Gasteiger partial charge in [-0.1, -0.05) is 0 Å². The number of thiophene rings is 1. The number of halogens is 5. The third kappa shape index (κ3) is 2.58. The minimum Gasteiger partial charge on any atom is -0.207 e. The quantitative estimate of drug-likeness (QED) is 0.618. The van der Waals surface area contributed by atoms with Crippen LogP contribution in [-0.2, 0) is 0 Å². The summed E-state index contributed by atoms with van der Waals surface area (Å²) < 4.78 is 40.7.